The van der Waals surface area contributed by atoms with Crippen LogP contribution in [0.3, 0.4) is 0 Å². The normalized spacial score (nSPS) is 16.3. The average molecular weight is 312 g/mol. The molecular formula is C14H18BrNO2. The summed E-state index contributed by atoms with van der Waals surface area (Å²) in [4.78, 5) is 2.29. The van der Waals surface area contributed by atoms with Crippen LogP contribution in [0.1, 0.15) is 6.42 Å². The Morgan fingerprint density at radius 2 is 2.22 bits per heavy atom. The van der Waals surface area contributed by atoms with Crippen molar-refractivity contribution < 1.29 is 9.47 Å². The molecule has 98 valence electrons. The van der Waals surface area contributed by atoms with Crippen LogP contribution in [0.25, 0.3) is 0 Å². The van der Waals surface area contributed by atoms with Crippen molar-refractivity contribution in [1.29, 1.82) is 0 Å². The van der Waals surface area contributed by atoms with Crippen LogP contribution in [-0.4, -0.2) is 38.8 Å². The van der Waals surface area contributed by atoms with E-state index in [0.717, 1.165) is 35.5 Å². The molecule has 0 unspecified atom stereocenters. The van der Waals surface area contributed by atoms with Gasteiger partial charge in [-0.15, -0.1) is 0 Å². The molecule has 0 saturated heterocycles. The third kappa shape index (κ3) is 3.27. The minimum atomic E-state index is 0.632. The van der Waals surface area contributed by atoms with Gasteiger partial charge in [-0.05, 0) is 47.1 Å². The lowest BCUT2D eigenvalue weighted by Crippen LogP contribution is -2.25. The van der Waals surface area contributed by atoms with Crippen molar-refractivity contribution in [3.63, 3.8) is 0 Å². The van der Waals surface area contributed by atoms with Crippen molar-refractivity contribution in [3.8, 4) is 11.5 Å². The molecule has 0 spiro atoms. The molecule has 0 fully saturated rings. The van der Waals surface area contributed by atoms with Gasteiger partial charge in [-0.1, -0.05) is 12.1 Å². The summed E-state index contributed by atoms with van der Waals surface area (Å²) in [6, 6.07) is 5.80. The van der Waals surface area contributed by atoms with E-state index in [1.807, 2.05) is 18.2 Å². The zero-order chi connectivity index (χ0) is 13.0. The molecule has 0 atom stereocenters. The van der Waals surface area contributed by atoms with Crippen LogP contribution in [0.4, 0.5) is 0 Å². The second-order valence-electron chi connectivity index (χ2n) is 4.43. The third-order valence-electron chi connectivity index (χ3n) is 3.06. The lowest BCUT2D eigenvalue weighted by molar-refractivity contribution is 0.297. The Labute approximate surface area is 117 Å². The van der Waals surface area contributed by atoms with Gasteiger partial charge in [-0.25, -0.2) is 0 Å². The molecule has 0 amide bonds. The highest BCUT2D eigenvalue weighted by Crippen LogP contribution is 2.35. The maximum absolute atomic E-state index is 5.87. The van der Waals surface area contributed by atoms with Crippen LogP contribution in [0, 0.1) is 0 Å². The Morgan fingerprint density at radius 3 is 2.89 bits per heavy atom. The Kier molecular flexibility index (Phi) is 4.66. The summed E-state index contributed by atoms with van der Waals surface area (Å²) in [5.41, 5.74) is 1.35. The van der Waals surface area contributed by atoms with E-state index in [0.29, 0.717) is 6.61 Å². The molecular weight excluding hydrogens is 294 g/mol. The fraction of sp³-hybridized carbons (Fsp3) is 0.429. The van der Waals surface area contributed by atoms with Crippen LogP contribution in [-0.2, 0) is 0 Å². The fourth-order valence-corrected chi connectivity index (χ4v) is 2.36. The molecule has 18 heavy (non-hydrogen) atoms. The summed E-state index contributed by atoms with van der Waals surface area (Å²) in [5, 5.41) is 0. The summed E-state index contributed by atoms with van der Waals surface area (Å²) in [5.74, 6) is 1.54. The van der Waals surface area contributed by atoms with Crippen LogP contribution >= 0.6 is 15.9 Å². The Balaban J connectivity index is 2.02. The predicted octanol–water partition coefficient (Wildman–Crippen LogP) is 3.10. The SMILES string of the molecule is COc1cccc(Br)c1OCC1=CCN(C)CC1. The lowest BCUT2D eigenvalue weighted by atomic mass is 10.1. The summed E-state index contributed by atoms with van der Waals surface area (Å²) < 4.78 is 12.1. The molecule has 0 radical (unpaired) electrons. The predicted molar refractivity (Wildman–Crippen MR) is 76.4 cm³/mol. The fourth-order valence-electron chi connectivity index (χ4n) is 1.90. The maximum atomic E-state index is 5.87. The van der Waals surface area contributed by atoms with Crippen LogP contribution in [0.2, 0.25) is 0 Å². The van der Waals surface area contributed by atoms with E-state index in [4.69, 9.17) is 9.47 Å². The van der Waals surface area contributed by atoms with Gasteiger partial charge in [-0.2, -0.15) is 0 Å². The first-order valence-corrected chi connectivity index (χ1v) is 6.81. The zero-order valence-corrected chi connectivity index (χ0v) is 12.4. The van der Waals surface area contributed by atoms with E-state index in [-0.39, 0.29) is 0 Å². The van der Waals surface area contributed by atoms with Crippen LogP contribution < -0.4 is 9.47 Å². The summed E-state index contributed by atoms with van der Waals surface area (Å²) in [6.45, 7) is 2.74. The number of hydrogen-bond acceptors (Lipinski definition) is 3. The first kappa shape index (κ1) is 13.4. The number of likely N-dealkylation sites (N-methyl/N-ethyl adjacent to an activating group) is 1. The smallest absolute Gasteiger partial charge is 0.175 e. The van der Waals surface area contributed by atoms with Crippen molar-refractivity contribution in [2.75, 3.05) is 33.9 Å². The van der Waals surface area contributed by atoms with Gasteiger partial charge in [0.1, 0.15) is 6.61 Å². The highest BCUT2D eigenvalue weighted by Gasteiger charge is 2.12. The number of nitrogens with zero attached hydrogens (tertiary/aromatic N) is 1. The molecule has 0 saturated carbocycles. The van der Waals surface area contributed by atoms with Gasteiger partial charge >= 0.3 is 0 Å². The highest BCUT2D eigenvalue weighted by molar-refractivity contribution is 9.10. The standard InChI is InChI=1S/C14H18BrNO2/c1-16-8-6-11(7-9-16)10-18-14-12(15)4-3-5-13(14)17-2/h3-6H,7-10H2,1-2H3. The number of halogens is 1. The molecule has 0 aliphatic carbocycles. The van der Waals surface area contributed by atoms with E-state index >= 15 is 0 Å². The molecule has 1 aromatic carbocycles. The monoisotopic (exact) mass is 311 g/mol. The Hall–Kier alpha value is -1.00. The van der Waals surface area contributed by atoms with E-state index < -0.39 is 0 Å². The molecule has 1 aliphatic rings. The van der Waals surface area contributed by atoms with Gasteiger partial charge in [-0.3, -0.25) is 0 Å². The molecule has 4 heteroatoms. The van der Waals surface area contributed by atoms with Crippen LogP contribution in [0.15, 0.2) is 34.3 Å². The summed E-state index contributed by atoms with van der Waals surface area (Å²) >= 11 is 3.49. The first-order valence-electron chi connectivity index (χ1n) is 6.02. The molecule has 1 aliphatic heterocycles. The largest absolute Gasteiger partial charge is 0.493 e. The number of rotatable bonds is 4. The van der Waals surface area contributed by atoms with Crippen molar-refractivity contribution in [2.45, 2.75) is 6.42 Å². The molecule has 1 aromatic rings. The van der Waals surface area contributed by atoms with Gasteiger partial charge in [0.25, 0.3) is 0 Å². The molecule has 0 bridgehead atoms. The molecule has 3 nitrogen and oxygen atoms in total. The van der Waals surface area contributed by atoms with Crippen molar-refractivity contribution in [3.05, 3.63) is 34.3 Å². The van der Waals surface area contributed by atoms with Crippen molar-refractivity contribution in [2.24, 2.45) is 0 Å². The van der Waals surface area contributed by atoms with E-state index in [1.54, 1.807) is 7.11 Å². The number of benzene rings is 1. The Bertz CT molecular complexity index is 445. The van der Waals surface area contributed by atoms with Gasteiger partial charge in [0, 0.05) is 13.1 Å². The summed E-state index contributed by atoms with van der Waals surface area (Å²) in [6.07, 6.45) is 3.32. The maximum Gasteiger partial charge on any atom is 0.175 e. The second-order valence-corrected chi connectivity index (χ2v) is 5.29. The number of para-hydroxylation sites is 1. The van der Waals surface area contributed by atoms with E-state index in [2.05, 4.69) is 34.0 Å². The molecule has 2 rings (SSSR count). The molecule has 0 aromatic heterocycles. The average Bonchev–Trinajstić information content (AvgIpc) is 2.39. The van der Waals surface area contributed by atoms with Crippen molar-refractivity contribution >= 4 is 15.9 Å². The zero-order valence-electron chi connectivity index (χ0n) is 10.8. The number of ether oxygens (including phenoxy) is 2. The summed E-state index contributed by atoms with van der Waals surface area (Å²) in [7, 11) is 3.79. The third-order valence-corrected chi connectivity index (χ3v) is 3.68. The molecule has 0 N–H and O–H groups in total. The second kappa shape index (κ2) is 6.25. The number of hydrogen-bond donors (Lipinski definition) is 0. The minimum Gasteiger partial charge on any atom is -0.493 e. The van der Waals surface area contributed by atoms with E-state index in [9.17, 15) is 0 Å². The lowest BCUT2D eigenvalue weighted by Gasteiger charge is -2.22. The van der Waals surface area contributed by atoms with Gasteiger partial charge in [0.15, 0.2) is 11.5 Å². The minimum absolute atomic E-state index is 0.632. The van der Waals surface area contributed by atoms with Crippen molar-refractivity contribution in [1.82, 2.24) is 4.90 Å². The van der Waals surface area contributed by atoms with Crippen LogP contribution in [0.5, 0.6) is 11.5 Å². The van der Waals surface area contributed by atoms with Gasteiger partial charge < -0.3 is 14.4 Å². The Morgan fingerprint density at radius 1 is 1.39 bits per heavy atom. The topological polar surface area (TPSA) is 21.7 Å². The highest BCUT2D eigenvalue weighted by atomic mass is 79.9. The molecule has 1 heterocycles. The first-order chi connectivity index (χ1) is 8.70. The quantitative estimate of drug-likeness (QED) is 0.798. The van der Waals surface area contributed by atoms with Gasteiger partial charge in [0.05, 0.1) is 11.6 Å². The van der Waals surface area contributed by atoms with Gasteiger partial charge in [0.2, 0.25) is 0 Å². The van der Waals surface area contributed by atoms with E-state index in [1.165, 1.54) is 5.57 Å². The number of methoxy groups -OCH3 is 1.